The van der Waals surface area contributed by atoms with Crippen molar-refractivity contribution in [1.29, 1.82) is 0 Å². The van der Waals surface area contributed by atoms with Crippen LogP contribution in [0.25, 0.3) is 22.1 Å². The Morgan fingerprint density at radius 2 is 1.70 bits per heavy atom. The molecule has 1 spiro atoms. The highest BCUT2D eigenvalue weighted by molar-refractivity contribution is 7.90. The maximum Gasteiger partial charge on any atom is 0.296 e. The average Bonchev–Trinajstić information content (AvgIpc) is 4.20. The van der Waals surface area contributed by atoms with E-state index in [9.17, 15) is 28.4 Å². The minimum Gasteiger partial charge on any atom is -0.497 e. The second kappa shape index (κ2) is 21.1. The number of nitro benzene ring substituents is 1. The highest BCUT2D eigenvalue weighted by Gasteiger charge is 2.50. The van der Waals surface area contributed by atoms with Gasteiger partial charge in [-0.25, -0.2) is 23.1 Å². The van der Waals surface area contributed by atoms with Crippen LogP contribution in [0.2, 0.25) is 0 Å². The molecular formula is C58H68N10O8S. The third-order valence-electron chi connectivity index (χ3n) is 17.0. The van der Waals surface area contributed by atoms with E-state index in [1.807, 2.05) is 31.2 Å². The molecule has 77 heavy (non-hydrogen) atoms. The highest BCUT2D eigenvalue weighted by Crippen LogP contribution is 2.53. The molecule has 5 N–H and O–H groups in total. The number of pyridine rings is 1. The zero-order valence-corrected chi connectivity index (χ0v) is 44.9. The number of aromatic amines is 2. The predicted octanol–water partition coefficient (Wildman–Crippen LogP) is 10.1. The number of hydrogen-bond donors (Lipinski definition) is 5. The molecule has 2 aliphatic carbocycles. The molecule has 18 nitrogen and oxygen atoms in total. The molecule has 1 unspecified atom stereocenters. The molecule has 0 radical (unpaired) electrons. The third-order valence-corrected chi connectivity index (χ3v) is 18.3. The van der Waals surface area contributed by atoms with E-state index in [0.29, 0.717) is 42.7 Å². The van der Waals surface area contributed by atoms with Gasteiger partial charge in [0.15, 0.2) is 0 Å². The Bertz CT molecular complexity index is 3410. The summed E-state index contributed by atoms with van der Waals surface area (Å²) in [5.74, 6) is 0.893. The number of fused-ring (bicyclic) bond motifs is 2. The number of aliphatic hydroxyl groups is 1. The number of piperazine rings is 1. The van der Waals surface area contributed by atoms with Gasteiger partial charge in [-0.05, 0) is 129 Å². The van der Waals surface area contributed by atoms with E-state index in [-0.39, 0.29) is 45.4 Å². The molecule has 2 saturated heterocycles. The topological polar surface area (TPSA) is 224 Å². The van der Waals surface area contributed by atoms with Crippen LogP contribution in [0.3, 0.4) is 0 Å². The molecule has 2 saturated carbocycles. The first-order valence-corrected chi connectivity index (χ1v) is 28.4. The van der Waals surface area contributed by atoms with E-state index in [1.165, 1.54) is 29.2 Å². The normalized spacial score (nSPS) is 21.4. The number of hydrogen-bond acceptors (Lipinski definition) is 14. The van der Waals surface area contributed by atoms with E-state index in [1.54, 1.807) is 31.5 Å². The molecule has 0 bridgehead atoms. The lowest BCUT2D eigenvalue weighted by atomic mass is 9.59. The maximum absolute atomic E-state index is 14.4. The molecule has 2 aliphatic heterocycles. The van der Waals surface area contributed by atoms with Crippen LogP contribution in [0.15, 0.2) is 109 Å². The average molecular weight is 1070 g/mol. The van der Waals surface area contributed by atoms with E-state index in [4.69, 9.17) is 9.47 Å². The van der Waals surface area contributed by atoms with Crippen molar-refractivity contribution >= 4 is 55.1 Å². The summed E-state index contributed by atoms with van der Waals surface area (Å²) < 4.78 is 42.7. The largest absolute Gasteiger partial charge is 0.497 e. The van der Waals surface area contributed by atoms with Crippen LogP contribution in [0.5, 0.6) is 17.2 Å². The Balaban J connectivity index is 0.804. The second-order valence-electron chi connectivity index (χ2n) is 22.4. The second-order valence-corrected chi connectivity index (χ2v) is 24.1. The number of piperidine rings is 1. The van der Waals surface area contributed by atoms with Gasteiger partial charge in [0.05, 0.1) is 41.2 Å². The maximum atomic E-state index is 14.4. The number of imidazole rings is 1. The molecule has 19 heteroatoms. The molecule has 5 heterocycles. The van der Waals surface area contributed by atoms with E-state index in [0.717, 1.165) is 101 Å². The summed E-state index contributed by atoms with van der Waals surface area (Å²) in [4.78, 5) is 48.1. The lowest BCUT2D eigenvalue weighted by Gasteiger charge is -2.58. The number of H-pyrrole nitrogens is 2. The Morgan fingerprint density at radius 3 is 2.44 bits per heavy atom. The number of benzene rings is 4. The number of carbonyl (C=O) groups excluding carboxylic acids is 1. The van der Waals surface area contributed by atoms with Gasteiger partial charge in [0.2, 0.25) is 0 Å². The number of nitrogens with one attached hydrogen (secondary N) is 4. The minimum absolute atomic E-state index is 0.0583. The van der Waals surface area contributed by atoms with Crippen molar-refractivity contribution in [2.75, 3.05) is 56.6 Å². The number of methoxy groups -OCH3 is 1. The van der Waals surface area contributed by atoms with Crippen molar-refractivity contribution < 1.29 is 32.7 Å². The van der Waals surface area contributed by atoms with Gasteiger partial charge in [-0.2, -0.15) is 0 Å². The van der Waals surface area contributed by atoms with Crippen molar-refractivity contribution in [2.45, 2.75) is 107 Å². The molecule has 1 amide bonds. The molecule has 4 fully saturated rings. The first kappa shape index (κ1) is 52.0. The number of sulfonamides is 1. The van der Waals surface area contributed by atoms with Crippen LogP contribution in [-0.4, -0.2) is 112 Å². The van der Waals surface area contributed by atoms with Crippen molar-refractivity contribution in [3.8, 4) is 17.2 Å². The molecule has 3 aromatic heterocycles. The van der Waals surface area contributed by atoms with E-state index in [2.05, 4.69) is 94.9 Å². The van der Waals surface area contributed by atoms with Crippen molar-refractivity contribution in [1.82, 2.24) is 34.5 Å². The summed E-state index contributed by atoms with van der Waals surface area (Å²) in [6, 6.07) is 27.9. The lowest BCUT2D eigenvalue weighted by molar-refractivity contribution is -0.384. The van der Waals surface area contributed by atoms with Crippen LogP contribution >= 0.6 is 0 Å². The smallest absolute Gasteiger partial charge is 0.296 e. The number of amides is 1. The summed E-state index contributed by atoms with van der Waals surface area (Å²) in [5.41, 5.74) is 4.68. The molecule has 7 aromatic rings. The Hall–Kier alpha value is -7.06. The van der Waals surface area contributed by atoms with Crippen LogP contribution in [0.4, 0.5) is 17.1 Å². The number of rotatable bonds is 16. The number of aromatic nitrogens is 4. The fourth-order valence-electron chi connectivity index (χ4n) is 12.5. The fraction of sp³-hybridized carbons (Fsp3) is 0.431. The standard InChI is InChI=1S/C58H68N10O8S/c1-37(2)45-7-5-6-8-46(45)49-35-65(34-39-9-12-43(75-4)13-10-39)25-26-67(49)42-30-58(31-42)20-23-66(24-21-58)41-11-14-47(50(28-41)76-44-27-40-17-22-59-55(40)61-33-44)56(69)64-77(73,74)51-29-48(68(71)72)52(54-53(51)62-36-63-54)60-32-38-15-18-57(3,70)19-16-38/h5-14,17,22,27-29,33,36-38,42,49,60,70H,15-16,18-21,23-26,30-32,34-35H2,1-4H3,(H,59,61)(H,62,63)(H,64,69). The molecule has 4 aromatic carbocycles. The first-order valence-electron chi connectivity index (χ1n) is 26.9. The van der Waals surface area contributed by atoms with Crippen molar-refractivity contribution in [2.24, 2.45) is 11.3 Å². The first-order chi connectivity index (χ1) is 37.0. The number of anilines is 2. The Kier molecular flexibility index (Phi) is 14.2. The molecule has 4 aliphatic rings. The van der Waals surface area contributed by atoms with Gasteiger partial charge in [0.25, 0.3) is 21.6 Å². The number of carbonyl (C=O) groups is 1. The van der Waals surface area contributed by atoms with Gasteiger partial charge >= 0.3 is 0 Å². The number of ether oxygens (including phenoxy) is 2. The van der Waals surface area contributed by atoms with Crippen LogP contribution in [0.1, 0.15) is 111 Å². The molecule has 404 valence electrons. The molecular weight excluding hydrogens is 997 g/mol. The van der Waals surface area contributed by atoms with Gasteiger partial charge in [0, 0.05) is 87.3 Å². The van der Waals surface area contributed by atoms with Gasteiger partial charge in [-0.3, -0.25) is 24.7 Å². The van der Waals surface area contributed by atoms with Crippen molar-refractivity contribution in [3.63, 3.8) is 0 Å². The lowest BCUT2D eigenvalue weighted by Crippen LogP contribution is -2.60. The predicted molar refractivity (Wildman–Crippen MR) is 296 cm³/mol. The van der Waals surface area contributed by atoms with E-state index < -0.39 is 37.0 Å². The SMILES string of the molecule is COc1ccc(CN2CCN(C3CC4(CCN(c5ccc(C(=O)NS(=O)(=O)c6cc([N+](=O)[O-])c(NCC7CCC(C)(O)CC7)c7[nH]cnc67)c(Oc6cnc7[nH]ccc7c6)c5)CC4)C3)C(c3ccccc3C(C)C)C2)cc1. The zero-order chi connectivity index (χ0) is 53.6. The summed E-state index contributed by atoms with van der Waals surface area (Å²) >= 11 is 0. The van der Waals surface area contributed by atoms with E-state index >= 15 is 0 Å². The van der Waals surface area contributed by atoms with Crippen LogP contribution in [-0.2, 0) is 16.6 Å². The number of nitro groups is 1. The van der Waals surface area contributed by atoms with Crippen LogP contribution in [0, 0.1) is 21.4 Å². The third kappa shape index (κ3) is 10.8. The number of nitrogens with zero attached hydrogens (tertiary/aromatic N) is 6. The van der Waals surface area contributed by atoms with Crippen LogP contribution < -0.4 is 24.4 Å². The minimum atomic E-state index is -4.77. The highest BCUT2D eigenvalue weighted by atomic mass is 32.2. The zero-order valence-electron chi connectivity index (χ0n) is 44.1. The molecule has 11 rings (SSSR count). The summed E-state index contributed by atoms with van der Waals surface area (Å²) in [6.07, 6.45) is 11.5. The van der Waals surface area contributed by atoms with Gasteiger partial charge in [0.1, 0.15) is 39.0 Å². The Morgan fingerprint density at radius 1 is 0.935 bits per heavy atom. The van der Waals surface area contributed by atoms with Crippen molar-refractivity contribution in [3.05, 3.63) is 136 Å². The quantitative estimate of drug-likeness (QED) is 0.0449. The van der Waals surface area contributed by atoms with Gasteiger partial charge in [-0.15, -0.1) is 0 Å². The summed E-state index contributed by atoms with van der Waals surface area (Å²) in [7, 11) is -3.07. The summed E-state index contributed by atoms with van der Waals surface area (Å²) in [5, 5.41) is 27.0. The van der Waals surface area contributed by atoms with Gasteiger partial charge in [-0.1, -0.05) is 50.2 Å². The fourth-order valence-corrected chi connectivity index (χ4v) is 13.7. The monoisotopic (exact) mass is 1060 g/mol. The van der Waals surface area contributed by atoms with Gasteiger partial charge < -0.3 is 34.8 Å². The summed E-state index contributed by atoms with van der Waals surface area (Å²) in [6.45, 7) is 12.2. The molecule has 1 atom stereocenters. The Labute approximate surface area is 448 Å².